The maximum absolute atomic E-state index is 12.2. The van der Waals surface area contributed by atoms with Crippen LogP contribution in [0.5, 0.6) is 5.88 Å². The van der Waals surface area contributed by atoms with Crippen LogP contribution in [0.4, 0.5) is 4.79 Å². The van der Waals surface area contributed by atoms with Gasteiger partial charge in [-0.05, 0) is 11.6 Å². The van der Waals surface area contributed by atoms with Gasteiger partial charge in [-0.25, -0.2) is 4.79 Å². The lowest BCUT2D eigenvalue weighted by Crippen LogP contribution is -2.37. The van der Waals surface area contributed by atoms with Gasteiger partial charge in [-0.2, -0.15) is 0 Å². The number of nitrogens with one attached hydrogen (secondary N) is 2. The number of aliphatic hydroxyl groups is 1. The molecule has 0 aliphatic carbocycles. The van der Waals surface area contributed by atoms with Crippen LogP contribution in [0, 0.1) is 0 Å². The van der Waals surface area contributed by atoms with Crippen LogP contribution in [0.3, 0.4) is 0 Å². The first-order valence-corrected chi connectivity index (χ1v) is 7.43. The number of benzene rings is 2. The van der Waals surface area contributed by atoms with E-state index in [1.54, 1.807) is 36.4 Å². The molecule has 1 unspecified atom stereocenters. The average molecular weight is 324 g/mol. The lowest BCUT2D eigenvalue weighted by atomic mass is 9.99. The highest BCUT2D eigenvalue weighted by Gasteiger charge is 2.22. The maximum atomic E-state index is 12.2. The average Bonchev–Trinajstić information content (AvgIpc) is 2.98. The van der Waals surface area contributed by atoms with E-state index >= 15 is 0 Å². The molecule has 3 N–H and O–H groups in total. The zero-order chi connectivity index (χ0) is 16.9. The molecule has 24 heavy (non-hydrogen) atoms. The van der Waals surface area contributed by atoms with Gasteiger partial charge in [0.25, 0.3) is 0 Å². The van der Waals surface area contributed by atoms with Crippen LogP contribution in [0.25, 0.3) is 10.9 Å². The van der Waals surface area contributed by atoms with Crippen LogP contribution in [-0.2, 0) is 4.79 Å². The first-order valence-electron chi connectivity index (χ1n) is 7.43. The van der Waals surface area contributed by atoms with Crippen molar-refractivity contribution in [2.75, 3.05) is 6.61 Å². The van der Waals surface area contributed by atoms with Gasteiger partial charge in [0.2, 0.25) is 11.8 Å². The van der Waals surface area contributed by atoms with Gasteiger partial charge in [0.1, 0.15) is 0 Å². The molecule has 0 fully saturated rings. The monoisotopic (exact) mass is 324 g/mol. The molecule has 1 heterocycles. The van der Waals surface area contributed by atoms with Crippen molar-refractivity contribution >= 4 is 22.9 Å². The Hall–Kier alpha value is -3.12. The van der Waals surface area contributed by atoms with Crippen LogP contribution in [0.1, 0.15) is 11.5 Å². The van der Waals surface area contributed by atoms with Crippen molar-refractivity contribution < 1.29 is 19.4 Å². The number of aromatic amines is 1. The smallest absolute Gasteiger partial charge is 0.395 e. The number of hydrogen-bond acceptors (Lipinski definition) is 4. The highest BCUT2D eigenvalue weighted by Crippen LogP contribution is 2.20. The Morgan fingerprint density at radius 1 is 1.08 bits per heavy atom. The molecule has 6 nitrogen and oxygen atoms in total. The van der Waals surface area contributed by atoms with Crippen LogP contribution in [0.15, 0.2) is 60.7 Å². The Labute approximate surface area is 138 Å². The van der Waals surface area contributed by atoms with Crippen LogP contribution in [-0.4, -0.2) is 28.7 Å². The zero-order valence-electron chi connectivity index (χ0n) is 12.7. The van der Waals surface area contributed by atoms with Crippen molar-refractivity contribution in [3.8, 4) is 5.88 Å². The summed E-state index contributed by atoms with van der Waals surface area (Å²) in [5.41, 5.74) is 1.44. The third-order valence-corrected chi connectivity index (χ3v) is 3.63. The molecule has 3 rings (SSSR count). The second-order valence-corrected chi connectivity index (χ2v) is 5.25. The summed E-state index contributed by atoms with van der Waals surface area (Å²) in [6.45, 7) is -0.407. The highest BCUT2D eigenvalue weighted by molar-refractivity contribution is 5.96. The summed E-state index contributed by atoms with van der Waals surface area (Å²) < 4.78 is 5.09. The molecule has 0 radical (unpaired) electrons. The molecular formula is C18H16N2O4. The number of hydrogen-bond donors (Lipinski definition) is 3. The van der Waals surface area contributed by atoms with Gasteiger partial charge >= 0.3 is 6.09 Å². The van der Waals surface area contributed by atoms with Crippen LogP contribution in [0.2, 0.25) is 0 Å². The number of amides is 2. The van der Waals surface area contributed by atoms with E-state index in [0.717, 1.165) is 10.9 Å². The van der Waals surface area contributed by atoms with Gasteiger partial charge in [0, 0.05) is 17.0 Å². The number of H-pyrrole nitrogens is 1. The summed E-state index contributed by atoms with van der Waals surface area (Å²) in [7, 11) is 0. The molecule has 2 amide bonds. The SMILES string of the molecule is O=C(NC(=O)C(CO)c1ccccc1)Oc1cc2ccccc2[nH]1. The molecule has 1 atom stereocenters. The maximum Gasteiger partial charge on any atom is 0.420 e. The Bertz CT molecular complexity index is 825. The number of aliphatic hydroxyl groups excluding tert-OH is 1. The van der Waals surface area contributed by atoms with Crippen molar-refractivity contribution in [2.24, 2.45) is 0 Å². The molecule has 122 valence electrons. The van der Waals surface area contributed by atoms with E-state index in [1.165, 1.54) is 0 Å². The van der Waals surface area contributed by atoms with Crippen LogP contribution >= 0.6 is 0 Å². The standard InChI is InChI=1S/C18H16N2O4/c21-11-14(12-6-2-1-3-7-12)17(22)20-18(23)24-16-10-13-8-4-5-9-15(13)19-16/h1-10,14,19,21H,11H2,(H,20,22,23). The molecule has 0 bridgehead atoms. The van der Waals surface area contributed by atoms with Crippen LogP contribution < -0.4 is 10.1 Å². The normalized spacial score (nSPS) is 11.9. The van der Waals surface area contributed by atoms with E-state index in [-0.39, 0.29) is 5.88 Å². The molecule has 0 aliphatic heterocycles. The largest absolute Gasteiger partial charge is 0.420 e. The van der Waals surface area contributed by atoms with E-state index < -0.39 is 24.5 Å². The fraction of sp³-hybridized carbons (Fsp3) is 0.111. The topological polar surface area (TPSA) is 91.4 Å². The van der Waals surface area contributed by atoms with Crippen molar-refractivity contribution in [2.45, 2.75) is 5.92 Å². The number of para-hydroxylation sites is 1. The van der Waals surface area contributed by atoms with E-state index in [0.29, 0.717) is 5.56 Å². The van der Waals surface area contributed by atoms with Gasteiger partial charge in [-0.3, -0.25) is 10.1 Å². The molecule has 2 aromatic carbocycles. The van der Waals surface area contributed by atoms with Crippen molar-refractivity contribution in [1.82, 2.24) is 10.3 Å². The minimum Gasteiger partial charge on any atom is -0.395 e. The van der Waals surface area contributed by atoms with Gasteiger partial charge in [-0.15, -0.1) is 0 Å². The second kappa shape index (κ2) is 6.97. The number of fused-ring (bicyclic) bond motifs is 1. The molecule has 0 saturated heterocycles. The molecule has 0 spiro atoms. The van der Waals surface area contributed by atoms with Gasteiger partial charge < -0.3 is 14.8 Å². The summed E-state index contributed by atoms with van der Waals surface area (Å²) in [5, 5.41) is 12.5. The Kier molecular flexibility index (Phi) is 4.58. The third-order valence-electron chi connectivity index (χ3n) is 3.63. The third kappa shape index (κ3) is 3.44. The van der Waals surface area contributed by atoms with Crippen molar-refractivity contribution in [3.63, 3.8) is 0 Å². The van der Waals surface area contributed by atoms with E-state index in [9.17, 15) is 14.7 Å². The minimum absolute atomic E-state index is 0.238. The van der Waals surface area contributed by atoms with Gasteiger partial charge in [0.15, 0.2) is 0 Å². The number of rotatable bonds is 4. The van der Waals surface area contributed by atoms with E-state index in [4.69, 9.17) is 4.74 Å². The number of carbonyl (C=O) groups excluding carboxylic acids is 2. The first-order chi connectivity index (χ1) is 11.7. The van der Waals surface area contributed by atoms with E-state index in [1.807, 2.05) is 24.3 Å². The number of carbonyl (C=O) groups is 2. The molecule has 0 saturated carbocycles. The van der Waals surface area contributed by atoms with Crippen molar-refractivity contribution in [3.05, 3.63) is 66.2 Å². The Morgan fingerprint density at radius 2 is 1.79 bits per heavy atom. The molecule has 0 aliphatic rings. The molecular weight excluding hydrogens is 308 g/mol. The fourth-order valence-corrected chi connectivity index (χ4v) is 2.44. The summed E-state index contributed by atoms with van der Waals surface area (Å²) in [6.07, 6.45) is -0.902. The zero-order valence-corrected chi connectivity index (χ0v) is 12.7. The summed E-state index contributed by atoms with van der Waals surface area (Å²) >= 11 is 0. The quantitative estimate of drug-likeness (QED) is 0.688. The minimum atomic E-state index is -0.902. The lowest BCUT2D eigenvalue weighted by molar-refractivity contribution is -0.122. The number of aromatic nitrogens is 1. The highest BCUT2D eigenvalue weighted by atomic mass is 16.6. The molecule has 6 heteroatoms. The Morgan fingerprint density at radius 3 is 2.50 bits per heavy atom. The fourth-order valence-electron chi connectivity index (χ4n) is 2.44. The Balaban J connectivity index is 1.66. The van der Waals surface area contributed by atoms with Gasteiger partial charge in [0.05, 0.1) is 12.5 Å². The molecule has 3 aromatic rings. The summed E-state index contributed by atoms with van der Waals surface area (Å²) in [6, 6.07) is 17.9. The number of ether oxygens (including phenoxy) is 1. The van der Waals surface area contributed by atoms with E-state index in [2.05, 4.69) is 10.3 Å². The lowest BCUT2D eigenvalue weighted by Gasteiger charge is -2.13. The summed E-state index contributed by atoms with van der Waals surface area (Å²) in [4.78, 5) is 27.0. The predicted molar refractivity (Wildman–Crippen MR) is 88.7 cm³/mol. The second-order valence-electron chi connectivity index (χ2n) is 5.25. The van der Waals surface area contributed by atoms with Crippen molar-refractivity contribution in [1.29, 1.82) is 0 Å². The molecule has 1 aromatic heterocycles. The number of imide groups is 1. The predicted octanol–water partition coefficient (Wildman–Crippen LogP) is 2.56. The first kappa shape index (κ1) is 15.8. The summed E-state index contributed by atoms with van der Waals surface area (Å²) in [5.74, 6) is -1.21. The van der Waals surface area contributed by atoms with Gasteiger partial charge in [-0.1, -0.05) is 48.5 Å².